The molecule has 0 radical (unpaired) electrons. The van der Waals surface area contributed by atoms with Crippen molar-refractivity contribution in [2.45, 2.75) is 38.6 Å². The first-order valence-corrected chi connectivity index (χ1v) is 5.73. The molecule has 1 rings (SSSR count). The Morgan fingerprint density at radius 2 is 2.19 bits per heavy atom. The maximum Gasteiger partial charge on any atom is 0.326 e. The van der Waals surface area contributed by atoms with Crippen molar-refractivity contribution in [2.24, 2.45) is 5.92 Å². The van der Waals surface area contributed by atoms with Gasteiger partial charge in [-0.15, -0.1) is 0 Å². The van der Waals surface area contributed by atoms with Crippen molar-refractivity contribution >= 4 is 11.9 Å². The molecule has 1 amide bonds. The third kappa shape index (κ3) is 5.11. The molecule has 1 atom stereocenters. The summed E-state index contributed by atoms with van der Waals surface area (Å²) in [6.45, 7) is 2.42. The summed E-state index contributed by atoms with van der Waals surface area (Å²) in [4.78, 5) is 22.2. The van der Waals surface area contributed by atoms with Gasteiger partial charge < -0.3 is 15.2 Å². The molecule has 5 nitrogen and oxygen atoms in total. The van der Waals surface area contributed by atoms with Crippen molar-refractivity contribution < 1.29 is 19.4 Å². The highest BCUT2D eigenvalue weighted by Crippen LogP contribution is 2.33. The number of hydrogen-bond acceptors (Lipinski definition) is 3. The van der Waals surface area contributed by atoms with Crippen molar-refractivity contribution in [2.75, 3.05) is 13.2 Å². The van der Waals surface area contributed by atoms with Gasteiger partial charge in [0.05, 0.1) is 0 Å². The number of carboxylic acid groups (broad SMARTS) is 1. The number of carboxylic acids is 1. The molecule has 16 heavy (non-hydrogen) atoms. The largest absolute Gasteiger partial charge is 0.480 e. The van der Waals surface area contributed by atoms with Crippen molar-refractivity contribution in [3.8, 4) is 0 Å². The lowest BCUT2D eigenvalue weighted by Crippen LogP contribution is -2.42. The SMILES string of the molecule is CCCOCC(=O)NC(CC1CC1)C(=O)O. The Bertz CT molecular complexity index is 250. The molecule has 1 fully saturated rings. The van der Waals surface area contributed by atoms with E-state index in [1.807, 2.05) is 6.92 Å². The van der Waals surface area contributed by atoms with Crippen LogP contribution in [0.3, 0.4) is 0 Å². The van der Waals surface area contributed by atoms with Crippen LogP contribution in [0, 0.1) is 5.92 Å². The number of rotatable bonds is 8. The van der Waals surface area contributed by atoms with Crippen molar-refractivity contribution in [1.29, 1.82) is 0 Å². The quantitative estimate of drug-likeness (QED) is 0.603. The average Bonchev–Trinajstić information content (AvgIpc) is 3.01. The third-order valence-corrected chi connectivity index (χ3v) is 2.48. The molecule has 1 aliphatic carbocycles. The Kier molecular flexibility index (Phi) is 5.25. The molecule has 0 heterocycles. The number of nitrogens with one attached hydrogen (secondary N) is 1. The van der Waals surface area contributed by atoms with E-state index >= 15 is 0 Å². The van der Waals surface area contributed by atoms with E-state index in [9.17, 15) is 9.59 Å². The van der Waals surface area contributed by atoms with Gasteiger partial charge in [0.2, 0.25) is 5.91 Å². The molecule has 0 saturated heterocycles. The molecule has 1 aliphatic rings. The van der Waals surface area contributed by atoms with Crippen LogP contribution in [0.1, 0.15) is 32.6 Å². The molecule has 0 aliphatic heterocycles. The molecule has 0 spiro atoms. The fourth-order valence-electron chi connectivity index (χ4n) is 1.45. The summed E-state index contributed by atoms with van der Waals surface area (Å²) in [5.41, 5.74) is 0. The van der Waals surface area contributed by atoms with Crippen molar-refractivity contribution in [3.63, 3.8) is 0 Å². The standard InChI is InChI=1S/C11H19NO4/c1-2-5-16-7-10(13)12-9(11(14)15)6-8-3-4-8/h8-9H,2-7H2,1H3,(H,12,13)(H,14,15). The normalized spacial score (nSPS) is 16.8. The van der Waals surface area contributed by atoms with Gasteiger partial charge in [0.15, 0.2) is 0 Å². The number of carbonyl (C=O) groups is 2. The fraction of sp³-hybridized carbons (Fsp3) is 0.818. The molecule has 2 N–H and O–H groups in total. The van der Waals surface area contributed by atoms with Crippen LogP contribution in [0.4, 0.5) is 0 Å². The first-order valence-electron chi connectivity index (χ1n) is 5.73. The zero-order valence-corrected chi connectivity index (χ0v) is 9.57. The van der Waals surface area contributed by atoms with Crippen molar-refractivity contribution in [1.82, 2.24) is 5.32 Å². The second-order valence-corrected chi connectivity index (χ2v) is 4.19. The van der Waals surface area contributed by atoms with Gasteiger partial charge >= 0.3 is 5.97 Å². The van der Waals surface area contributed by atoms with Gasteiger partial charge in [-0.2, -0.15) is 0 Å². The van der Waals surface area contributed by atoms with Crippen LogP contribution in [0.2, 0.25) is 0 Å². The van der Waals surface area contributed by atoms with E-state index in [0.717, 1.165) is 19.3 Å². The summed E-state index contributed by atoms with van der Waals surface area (Å²) in [6, 6.07) is -0.759. The van der Waals surface area contributed by atoms with E-state index in [-0.39, 0.29) is 12.5 Å². The van der Waals surface area contributed by atoms with Gasteiger partial charge in [-0.05, 0) is 18.8 Å². The Morgan fingerprint density at radius 1 is 1.50 bits per heavy atom. The highest BCUT2D eigenvalue weighted by molar-refractivity contribution is 5.84. The van der Waals surface area contributed by atoms with E-state index in [1.54, 1.807) is 0 Å². The van der Waals surface area contributed by atoms with E-state index in [0.29, 0.717) is 18.9 Å². The Balaban J connectivity index is 2.23. The minimum Gasteiger partial charge on any atom is -0.480 e. The molecular weight excluding hydrogens is 210 g/mol. The number of carbonyl (C=O) groups excluding carboxylic acids is 1. The number of ether oxygens (including phenoxy) is 1. The van der Waals surface area contributed by atoms with Crippen LogP contribution >= 0.6 is 0 Å². The summed E-state index contributed by atoms with van der Waals surface area (Å²) in [5, 5.41) is 11.4. The van der Waals surface area contributed by atoms with Gasteiger partial charge in [0.25, 0.3) is 0 Å². The topological polar surface area (TPSA) is 75.6 Å². The minimum atomic E-state index is -0.962. The summed E-state index contributed by atoms with van der Waals surface area (Å²) < 4.78 is 5.04. The highest BCUT2D eigenvalue weighted by atomic mass is 16.5. The first kappa shape index (κ1) is 13.0. The molecule has 1 unspecified atom stereocenters. The Morgan fingerprint density at radius 3 is 2.69 bits per heavy atom. The zero-order valence-electron chi connectivity index (χ0n) is 9.57. The molecular formula is C11H19NO4. The first-order chi connectivity index (χ1) is 7.63. The lowest BCUT2D eigenvalue weighted by Gasteiger charge is -2.13. The third-order valence-electron chi connectivity index (χ3n) is 2.48. The second-order valence-electron chi connectivity index (χ2n) is 4.19. The number of aliphatic carboxylic acids is 1. The number of amides is 1. The van der Waals surface area contributed by atoms with Gasteiger partial charge in [-0.3, -0.25) is 4.79 Å². The molecule has 0 aromatic carbocycles. The van der Waals surface area contributed by atoms with Crippen LogP contribution in [0.5, 0.6) is 0 Å². The van der Waals surface area contributed by atoms with E-state index < -0.39 is 12.0 Å². The summed E-state index contributed by atoms with van der Waals surface area (Å²) in [7, 11) is 0. The Labute approximate surface area is 95.2 Å². The van der Waals surface area contributed by atoms with Gasteiger partial charge in [0, 0.05) is 6.61 Å². The summed E-state index contributed by atoms with van der Waals surface area (Å²) in [6.07, 6.45) is 3.53. The van der Waals surface area contributed by atoms with Crippen LogP contribution in [-0.4, -0.2) is 36.2 Å². The van der Waals surface area contributed by atoms with Gasteiger partial charge in [-0.25, -0.2) is 4.79 Å². The maximum atomic E-state index is 11.3. The predicted octanol–water partition coefficient (Wildman–Crippen LogP) is 0.782. The van der Waals surface area contributed by atoms with Crippen LogP contribution < -0.4 is 5.32 Å². The molecule has 0 aromatic heterocycles. The van der Waals surface area contributed by atoms with Crippen LogP contribution in [-0.2, 0) is 14.3 Å². The van der Waals surface area contributed by atoms with E-state index in [2.05, 4.69) is 5.32 Å². The summed E-state index contributed by atoms with van der Waals surface area (Å²) >= 11 is 0. The monoisotopic (exact) mass is 229 g/mol. The van der Waals surface area contributed by atoms with Gasteiger partial charge in [0.1, 0.15) is 12.6 Å². The van der Waals surface area contributed by atoms with Gasteiger partial charge in [-0.1, -0.05) is 19.8 Å². The van der Waals surface area contributed by atoms with E-state index in [4.69, 9.17) is 9.84 Å². The average molecular weight is 229 g/mol. The molecule has 0 aromatic rings. The highest BCUT2D eigenvalue weighted by Gasteiger charge is 2.30. The Hall–Kier alpha value is -1.10. The molecule has 1 saturated carbocycles. The summed E-state index contributed by atoms with van der Waals surface area (Å²) in [5.74, 6) is -0.838. The van der Waals surface area contributed by atoms with E-state index in [1.165, 1.54) is 0 Å². The minimum absolute atomic E-state index is 0.0533. The van der Waals surface area contributed by atoms with Crippen LogP contribution in [0.15, 0.2) is 0 Å². The zero-order chi connectivity index (χ0) is 12.0. The molecule has 5 heteroatoms. The van der Waals surface area contributed by atoms with Crippen molar-refractivity contribution in [3.05, 3.63) is 0 Å². The van der Waals surface area contributed by atoms with Crippen LogP contribution in [0.25, 0.3) is 0 Å². The maximum absolute atomic E-state index is 11.3. The lowest BCUT2D eigenvalue weighted by molar-refractivity contribution is -0.142. The fourth-order valence-corrected chi connectivity index (χ4v) is 1.45. The predicted molar refractivity (Wildman–Crippen MR) is 58.0 cm³/mol. The molecule has 92 valence electrons. The molecule has 0 bridgehead atoms. The smallest absolute Gasteiger partial charge is 0.326 e. The second kappa shape index (κ2) is 6.48. The number of hydrogen-bond donors (Lipinski definition) is 2. The lowest BCUT2D eigenvalue weighted by atomic mass is 10.1.